The second-order valence-electron chi connectivity index (χ2n) is 7.41. The molecule has 0 radical (unpaired) electrons. The number of benzene rings is 2. The predicted octanol–water partition coefficient (Wildman–Crippen LogP) is 4.70. The van der Waals surface area contributed by atoms with Gasteiger partial charge in [-0.2, -0.15) is 0 Å². The minimum Gasteiger partial charge on any atom is -0.354 e. The highest BCUT2D eigenvalue weighted by Crippen LogP contribution is 2.17. The fourth-order valence-corrected chi connectivity index (χ4v) is 3.82. The highest BCUT2D eigenvalue weighted by Gasteiger charge is 2.26. The standard InChI is InChI=1S/C24H31FN2O2S/c1-4-5-14-26-24(29)19(3)27(15-21-8-6-7-9-22(21)25)23(28)17-30-16-20-12-10-18(2)11-13-20/h6-13,19H,4-5,14-17H2,1-3H3,(H,26,29)/t19-/m0/s1. The molecule has 2 aromatic carbocycles. The lowest BCUT2D eigenvalue weighted by atomic mass is 10.1. The van der Waals surface area contributed by atoms with Gasteiger partial charge in [0.1, 0.15) is 11.9 Å². The van der Waals surface area contributed by atoms with Gasteiger partial charge >= 0.3 is 0 Å². The molecule has 0 aromatic heterocycles. The normalized spacial score (nSPS) is 11.7. The molecule has 2 rings (SSSR count). The molecule has 1 N–H and O–H groups in total. The number of hydrogen-bond donors (Lipinski definition) is 1. The van der Waals surface area contributed by atoms with Gasteiger partial charge in [0, 0.05) is 24.4 Å². The van der Waals surface area contributed by atoms with E-state index in [2.05, 4.69) is 12.2 Å². The second-order valence-corrected chi connectivity index (χ2v) is 8.40. The van der Waals surface area contributed by atoms with Gasteiger partial charge in [0.05, 0.1) is 5.75 Å². The molecule has 162 valence electrons. The smallest absolute Gasteiger partial charge is 0.242 e. The van der Waals surface area contributed by atoms with Crippen LogP contribution in [-0.4, -0.2) is 35.1 Å². The highest BCUT2D eigenvalue weighted by molar-refractivity contribution is 7.99. The number of hydrogen-bond acceptors (Lipinski definition) is 3. The SMILES string of the molecule is CCCCNC(=O)[C@H](C)N(Cc1ccccc1F)C(=O)CSCc1ccc(C)cc1. The first kappa shape index (κ1) is 23.9. The van der Waals surface area contributed by atoms with Gasteiger partial charge in [-0.3, -0.25) is 9.59 Å². The molecule has 2 aromatic rings. The summed E-state index contributed by atoms with van der Waals surface area (Å²) in [5.74, 6) is 0.178. The number of aryl methyl sites for hydroxylation is 1. The van der Waals surface area contributed by atoms with Gasteiger partial charge in [0.2, 0.25) is 11.8 Å². The molecular weight excluding hydrogens is 399 g/mol. The summed E-state index contributed by atoms with van der Waals surface area (Å²) in [6.45, 7) is 6.43. The molecule has 30 heavy (non-hydrogen) atoms. The van der Waals surface area contributed by atoms with E-state index in [1.54, 1.807) is 25.1 Å². The zero-order chi connectivity index (χ0) is 21.9. The van der Waals surface area contributed by atoms with Gasteiger partial charge in [0.25, 0.3) is 0 Å². The monoisotopic (exact) mass is 430 g/mol. The third kappa shape index (κ3) is 7.48. The number of thioether (sulfide) groups is 1. The number of nitrogens with zero attached hydrogens (tertiary/aromatic N) is 1. The van der Waals surface area contributed by atoms with Crippen LogP contribution >= 0.6 is 11.8 Å². The van der Waals surface area contributed by atoms with E-state index in [1.807, 2.05) is 31.2 Å². The van der Waals surface area contributed by atoms with Crippen LogP contribution < -0.4 is 5.32 Å². The number of unbranched alkanes of at least 4 members (excludes halogenated alkanes) is 1. The molecular formula is C24H31FN2O2S. The topological polar surface area (TPSA) is 49.4 Å². The minimum atomic E-state index is -0.672. The maximum absolute atomic E-state index is 14.2. The van der Waals surface area contributed by atoms with Crippen LogP contribution in [-0.2, 0) is 21.9 Å². The highest BCUT2D eigenvalue weighted by atomic mass is 32.2. The average molecular weight is 431 g/mol. The molecule has 2 amide bonds. The van der Waals surface area contributed by atoms with E-state index in [0.29, 0.717) is 17.9 Å². The number of carbonyl (C=O) groups is 2. The minimum absolute atomic E-state index is 0.0684. The van der Waals surface area contributed by atoms with Gasteiger partial charge in [-0.1, -0.05) is 61.4 Å². The van der Waals surface area contributed by atoms with Gasteiger partial charge < -0.3 is 10.2 Å². The molecule has 0 heterocycles. The second kappa shape index (κ2) is 12.4. The Morgan fingerprint density at radius 3 is 2.50 bits per heavy atom. The molecule has 0 unspecified atom stereocenters. The summed E-state index contributed by atoms with van der Waals surface area (Å²) in [6.07, 6.45) is 1.86. The van der Waals surface area contributed by atoms with E-state index in [-0.39, 0.29) is 29.9 Å². The quantitative estimate of drug-likeness (QED) is 0.526. The van der Waals surface area contributed by atoms with E-state index >= 15 is 0 Å². The first-order chi connectivity index (χ1) is 14.4. The number of carbonyl (C=O) groups excluding carboxylic acids is 2. The summed E-state index contributed by atoms with van der Waals surface area (Å²) in [6, 6.07) is 13.9. The van der Waals surface area contributed by atoms with Crippen molar-refractivity contribution in [1.82, 2.24) is 10.2 Å². The summed E-state index contributed by atoms with van der Waals surface area (Å²) in [5.41, 5.74) is 2.74. The Morgan fingerprint density at radius 1 is 1.13 bits per heavy atom. The van der Waals surface area contributed by atoms with E-state index in [4.69, 9.17) is 0 Å². The van der Waals surface area contributed by atoms with Crippen LogP contribution in [0.5, 0.6) is 0 Å². The van der Waals surface area contributed by atoms with Crippen molar-refractivity contribution in [2.24, 2.45) is 0 Å². The maximum Gasteiger partial charge on any atom is 0.242 e. The van der Waals surface area contributed by atoms with Gasteiger partial charge in [-0.05, 0) is 31.9 Å². The molecule has 0 saturated heterocycles. The summed E-state index contributed by atoms with van der Waals surface area (Å²) < 4.78 is 14.2. The third-order valence-corrected chi connectivity index (χ3v) is 5.90. The maximum atomic E-state index is 14.2. The zero-order valence-corrected chi connectivity index (χ0v) is 18.8. The Hall–Kier alpha value is -2.34. The van der Waals surface area contributed by atoms with Gasteiger partial charge in [-0.15, -0.1) is 11.8 Å². The average Bonchev–Trinajstić information content (AvgIpc) is 2.74. The number of rotatable bonds is 11. The molecule has 0 spiro atoms. The number of halogens is 1. The summed E-state index contributed by atoms with van der Waals surface area (Å²) in [4.78, 5) is 27.0. The Morgan fingerprint density at radius 2 is 1.83 bits per heavy atom. The molecule has 0 fully saturated rings. The van der Waals surface area contributed by atoms with Gasteiger partial charge in [0.15, 0.2) is 0 Å². The Balaban J connectivity index is 2.04. The van der Waals surface area contributed by atoms with E-state index in [1.165, 1.54) is 28.3 Å². The summed E-state index contributed by atoms with van der Waals surface area (Å²) >= 11 is 1.50. The molecule has 0 aliphatic heterocycles. The van der Waals surface area contributed by atoms with Crippen molar-refractivity contribution < 1.29 is 14.0 Å². The van der Waals surface area contributed by atoms with Crippen LogP contribution in [0.25, 0.3) is 0 Å². The first-order valence-corrected chi connectivity index (χ1v) is 11.5. The van der Waals surface area contributed by atoms with Crippen molar-refractivity contribution in [1.29, 1.82) is 0 Å². The van der Waals surface area contributed by atoms with Crippen molar-refractivity contribution >= 4 is 23.6 Å². The number of nitrogens with one attached hydrogen (secondary N) is 1. The third-order valence-electron chi connectivity index (χ3n) is 4.91. The van der Waals surface area contributed by atoms with Crippen molar-refractivity contribution in [2.75, 3.05) is 12.3 Å². The molecule has 0 aliphatic carbocycles. The Kier molecular flexibility index (Phi) is 9.87. The van der Waals surface area contributed by atoms with Crippen LogP contribution in [0.2, 0.25) is 0 Å². The van der Waals surface area contributed by atoms with Crippen molar-refractivity contribution in [3.63, 3.8) is 0 Å². The summed E-state index contributed by atoms with van der Waals surface area (Å²) in [5, 5.41) is 2.87. The molecule has 4 nitrogen and oxygen atoms in total. The van der Waals surface area contributed by atoms with Crippen LogP contribution in [0.1, 0.15) is 43.4 Å². The van der Waals surface area contributed by atoms with Crippen LogP contribution in [0.15, 0.2) is 48.5 Å². The lowest BCUT2D eigenvalue weighted by Gasteiger charge is -2.29. The van der Waals surface area contributed by atoms with Gasteiger partial charge in [-0.25, -0.2) is 4.39 Å². The molecule has 0 saturated carbocycles. The van der Waals surface area contributed by atoms with Crippen molar-refractivity contribution in [3.05, 3.63) is 71.0 Å². The number of amides is 2. The fourth-order valence-electron chi connectivity index (χ4n) is 2.95. The van der Waals surface area contributed by atoms with E-state index < -0.39 is 6.04 Å². The molecule has 1 atom stereocenters. The van der Waals surface area contributed by atoms with Crippen LogP contribution in [0, 0.1) is 12.7 Å². The fraction of sp³-hybridized carbons (Fsp3) is 0.417. The summed E-state index contributed by atoms with van der Waals surface area (Å²) in [7, 11) is 0. The van der Waals surface area contributed by atoms with E-state index in [9.17, 15) is 14.0 Å². The first-order valence-electron chi connectivity index (χ1n) is 10.4. The molecule has 0 bridgehead atoms. The Bertz CT molecular complexity index is 826. The lowest BCUT2D eigenvalue weighted by molar-refractivity contribution is -0.138. The predicted molar refractivity (Wildman–Crippen MR) is 122 cm³/mol. The van der Waals surface area contributed by atoms with Crippen molar-refractivity contribution in [3.8, 4) is 0 Å². The zero-order valence-electron chi connectivity index (χ0n) is 18.0. The lowest BCUT2D eigenvalue weighted by Crippen LogP contribution is -2.48. The van der Waals surface area contributed by atoms with Crippen molar-refractivity contribution in [2.45, 2.75) is 52.0 Å². The molecule has 6 heteroatoms. The van der Waals surface area contributed by atoms with Crippen LogP contribution in [0.3, 0.4) is 0 Å². The van der Waals surface area contributed by atoms with E-state index in [0.717, 1.165) is 18.4 Å². The molecule has 0 aliphatic rings. The largest absolute Gasteiger partial charge is 0.354 e. The Labute approximate surface area is 183 Å². The van der Waals surface area contributed by atoms with Crippen LogP contribution in [0.4, 0.5) is 4.39 Å².